The molecule has 1 aromatic carbocycles. The van der Waals surface area contributed by atoms with Crippen molar-refractivity contribution in [2.45, 2.75) is 22.6 Å². The second-order valence-corrected chi connectivity index (χ2v) is 5.63. The van der Waals surface area contributed by atoms with Crippen LogP contribution >= 0.6 is 0 Å². The molecule has 0 bridgehead atoms. The Hall–Kier alpha value is -1.30. The molecule has 102 valence electrons. The normalized spacial score (nSPS) is 12.6. The summed E-state index contributed by atoms with van der Waals surface area (Å²) in [4.78, 5) is 0.689. The average molecular weight is 281 g/mol. The second-order valence-electron chi connectivity index (χ2n) is 4.18. The summed E-state index contributed by atoms with van der Waals surface area (Å²) in [5.41, 5.74) is 1.10. The van der Waals surface area contributed by atoms with Crippen LogP contribution in [0.15, 0.2) is 50.8 Å². The number of rotatable bonds is 6. The van der Waals surface area contributed by atoms with E-state index in [0.717, 1.165) is 24.9 Å². The smallest absolute Gasteiger partial charge is 0.334 e. The molecule has 2 rings (SSSR count). The summed E-state index contributed by atoms with van der Waals surface area (Å²) >= 11 is -1.53. The zero-order valence-electron chi connectivity index (χ0n) is 10.7. The van der Waals surface area contributed by atoms with Gasteiger partial charge in [-0.05, 0) is 44.1 Å². The van der Waals surface area contributed by atoms with Gasteiger partial charge in [0.15, 0.2) is 4.90 Å². The Labute approximate surface area is 115 Å². The van der Waals surface area contributed by atoms with E-state index < -0.39 is 17.2 Å². The first-order chi connectivity index (χ1) is 9.22. The number of hydrogen-bond acceptors (Lipinski definition) is 3. The highest BCUT2D eigenvalue weighted by Crippen LogP contribution is 2.24. The van der Waals surface area contributed by atoms with E-state index in [1.165, 1.54) is 12.3 Å². The highest BCUT2D eigenvalue weighted by molar-refractivity contribution is 7.91. The first kappa shape index (κ1) is 14.1. The molecular formula is C14H16FNO2S. The fourth-order valence-corrected chi connectivity index (χ4v) is 2.91. The average Bonchev–Trinajstić information content (AvgIpc) is 2.85. The largest absolute Gasteiger partial charge is 0.606 e. The van der Waals surface area contributed by atoms with Crippen LogP contribution in [-0.4, -0.2) is 18.1 Å². The molecule has 1 N–H and O–H groups in total. The highest BCUT2D eigenvalue weighted by atomic mass is 32.2. The third-order valence-electron chi connectivity index (χ3n) is 2.79. The van der Waals surface area contributed by atoms with E-state index in [1.807, 2.05) is 25.2 Å². The molecule has 1 atom stereocenters. The lowest BCUT2D eigenvalue weighted by atomic mass is 10.1. The molecule has 0 spiro atoms. The van der Waals surface area contributed by atoms with E-state index >= 15 is 0 Å². The third-order valence-corrected chi connectivity index (χ3v) is 4.17. The minimum Gasteiger partial charge on any atom is -0.606 e. The summed E-state index contributed by atoms with van der Waals surface area (Å²) in [6.45, 7) is 0.934. The lowest BCUT2D eigenvalue weighted by Gasteiger charge is -2.09. The fraction of sp³-hybridized carbons (Fsp3) is 0.286. The molecule has 0 amide bonds. The number of halogens is 1. The maximum Gasteiger partial charge on any atom is 0.334 e. The molecule has 3 nitrogen and oxygen atoms in total. The van der Waals surface area contributed by atoms with Crippen molar-refractivity contribution in [2.75, 3.05) is 13.6 Å². The van der Waals surface area contributed by atoms with Crippen molar-refractivity contribution in [3.8, 4) is 0 Å². The first-order valence-corrected chi connectivity index (χ1v) is 7.25. The summed E-state index contributed by atoms with van der Waals surface area (Å²) in [5.74, 6) is 0. The van der Waals surface area contributed by atoms with Gasteiger partial charge in [-0.15, -0.1) is 0 Å². The van der Waals surface area contributed by atoms with E-state index in [4.69, 9.17) is 0 Å². The summed E-state index contributed by atoms with van der Waals surface area (Å²) in [5, 5.41) is 3.08. The molecule has 19 heavy (non-hydrogen) atoms. The molecule has 0 aliphatic heterocycles. The molecule has 1 heterocycles. The lowest BCUT2D eigenvalue weighted by molar-refractivity contribution is 0.343. The van der Waals surface area contributed by atoms with Crippen LogP contribution in [0.1, 0.15) is 12.0 Å². The van der Waals surface area contributed by atoms with Gasteiger partial charge in [-0.25, -0.2) is 0 Å². The summed E-state index contributed by atoms with van der Waals surface area (Å²) in [7, 11) is 1.91. The lowest BCUT2D eigenvalue weighted by Crippen LogP contribution is -2.08. The molecule has 0 saturated heterocycles. The van der Waals surface area contributed by atoms with Crippen LogP contribution in [0.5, 0.6) is 0 Å². The van der Waals surface area contributed by atoms with Crippen molar-refractivity contribution < 1.29 is 13.4 Å². The molecule has 0 aliphatic carbocycles. The number of hydrogen-bond donors (Lipinski definition) is 1. The van der Waals surface area contributed by atoms with E-state index in [0.29, 0.717) is 4.90 Å². The monoisotopic (exact) mass is 281 g/mol. The molecule has 0 aliphatic rings. The Morgan fingerprint density at radius 2 is 2.21 bits per heavy atom. The number of aryl methyl sites for hydroxylation is 1. The maximum atomic E-state index is 13.3. The van der Waals surface area contributed by atoms with Crippen LogP contribution in [0.3, 0.4) is 0 Å². The van der Waals surface area contributed by atoms with Crippen LogP contribution in [0, 0.1) is 6.01 Å². The van der Waals surface area contributed by atoms with Gasteiger partial charge < -0.3 is 14.3 Å². The Morgan fingerprint density at radius 3 is 2.89 bits per heavy atom. The minimum atomic E-state index is -1.53. The Kier molecular flexibility index (Phi) is 5.01. The quantitative estimate of drug-likeness (QED) is 0.654. The standard InChI is InChI=1S/C14H16FNO2S/c1-16-8-3-5-11-4-2-6-12(10-11)19(17)13-7-9-18-14(13)15/h2,4,6-7,9-10,16H,3,5,8H2,1H3. The Bertz CT molecular complexity index is 530. The molecular weight excluding hydrogens is 265 g/mol. The van der Waals surface area contributed by atoms with Gasteiger partial charge >= 0.3 is 6.01 Å². The molecule has 0 fully saturated rings. The van der Waals surface area contributed by atoms with Crippen molar-refractivity contribution in [1.82, 2.24) is 5.32 Å². The fourth-order valence-electron chi connectivity index (χ4n) is 1.83. The molecule has 5 heteroatoms. The molecule has 1 unspecified atom stereocenters. The van der Waals surface area contributed by atoms with Crippen molar-refractivity contribution >= 4 is 11.2 Å². The van der Waals surface area contributed by atoms with Crippen LogP contribution in [0.2, 0.25) is 0 Å². The SMILES string of the molecule is CNCCCc1cccc([S+]([O-])c2ccoc2F)c1. The van der Waals surface area contributed by atoms with Gasteiger partial charge in [-0.1, -0.05) is 12.1 Å². The zero-order valence-corrected chi connectivity index (χ0v) is 11.5. The second kappa shape index (κ2) is 6.75. The predicted octanol–water partition coefficient (Wildman–Crippen LogP) is 2.74. The van der Waals surface area contributed by atoms with Gasteiger partial charge in [-0.2, -0.15) is 4.39 Å². The summed E-state index contributed by atoms with van der Waals surface area (Å²) in [6, 6.07) is 8.06. The molecule has 1 aromatic heterocycles. The van der Waals surface area contributed by atoms with Crippen molar-refractivity contribution in [1.29, 1.82) is 0 Å². The van der Waals surface area contributed by atoms with Crippen molar-refractivity contribution in [3.05, 3.63) is 48.2 Å². The van der Waals surface area contributed by atoms with Gasteiger partial charge in [0.05, 0.1) is 6.26 Å². The van der Waals surface area contributed by atoms with Crippen LogP contribution in [0.4, 0.5) is 4.39 Å². The van der Waals surface area contributed by atoms with E-state index in [1.54, 1.807) is 6.07 Å². The number of nitrogens with one attached hydrogen (secondary N) is 1. The van der Waals surface area contributed by atoms with E-state index in [9.17, 15) is 8.94 Å². The maximum absolute atomic E-state index is 13.3. The molecule has 2 aromatic rings. The van der Waals surface area contributed by atoms with E-state index in [-0.39, 0.29) is 4.90 Å². The van der Waals surface area contributed by atoms with Crippen LogP contribution in [0.25, 0.3) is 0 Å². The topological polar surface area (TPSA) is 48.2 Å². The summed E-state index contributed by atoms with van der Waals surface area (Å²) < 4.78 is 30.0. The van der Waals surface area contributed by atoms with E-state index in [2.05, 4.69) is 9.73 Å². The Morgan fingerprint density at radius 1 is 1.37 bits per heavy atom. The van der Waals surface area contributed by atoms with Crippen LogP contribution < -0.4 is 5.32 Å². The van der Waals surface area contributed by atoms with Crippen LogP contribution in [-0.2, 0) is 17.6 Å². The van der Waals surface area contributed by atoms with Gasteiger partial charge in [0.1, 0.15) is 0 Å². The number of furan rings is 1. The van der Waals surface area contributed by atoms with Gasteiger partial charge in [0.25, 0.3) is 0 Å². The molecule has 0 saturated carbocycles. The van der Waals surface area contributed by atoms with Gasteiger partial charge in [0, 0.05) is 17.2 Å². The zero-order chi connectivity index (χ0) is 13.7. The third kappa shape index (κ3) is 3.59. The summed E-state index contributed by atoms with van der Waals surface area (Å²) in [6.07, 6.45) is 3.12. The van der Waals surface area contributed by atoms with Gasteiger partial charge in [0.2, 0.25) is 4.90 Å². The predicted molar refractivity (Wildman–Crippen MR) is 72.0 cm³/mol. The highest BCUT2D eigenvalue weighted by Gasteiger charge is 2.22. The molecule has 0 radical (unpaired) electrons. The van der Waals surface area contributed by atoms with Crippen molar-refractivity contribution in [2.24, 2.45) is 0 Å². The minimum absolute atomic E-state index is 0.0902. The first-order valence-electron chi connectivity index (χ1n) is 6.10. The van der Waals surface area contributed by atoms with Crippen molar-refractivity contribution in [3.63, 3.8) is 0 Å². The van der Waals surface area contributed by atoms with Gasteiger partial charge in [-0.3, -0.25) is 0 Å². The number of benzene rings is 1. The Balaban J connectivity index is 2.12.